The third-order valence-corrected chi connectivity index (χ3v) is 4.19. The number of aryl methyl sites for hydroxylation is 2. The van der Waals surface area contributed by atoms with Gasteiger partial charge in [-0.1, -0.05) is 17.7 Å². The van der Waals surface area contributed by atoms with Crippen LogP contribution in [0.25, 0.3) is 22.3 Å². The van der Waals surface area contributed by atoms with Crippen LogP contribution >= 0.6 is 23.8 Å². The fraction of sp³-hybridized carbons (Fsp3) is 0.214. The van der Waals surface area contributed by atoms with Gasteiger partial charge in [-0.2, -0.15) is 5.10 Å². The minimum Gasteiger partial charge on any atom is -0.303 e. The van der Waals surface area contributed by atoms with Gasteiger partial charge in [0.15, 0.2) is 10.6 Å². The van der Waals surface area contributed by atoms with Gasteiger partial charge in [0.2, 0.25) is 0 Å². The zero-order valence-corrected chi connectivity index (χ0v) is 12.9. The van der Waals surface area contributed by atoms with Gasteiger partial charge in [-0.25, -0.2) is 0 Å². The lowest BCUT2D eigenvalue weighted by molar-refractivity contribution is 0.902. The van der Waals surface area contributed by atoms with Crippen LogP contribution in [-0.2, 0) is 7.05 Å². The number of aromatic nitrogens is 4. The van der Waals surface area contributed by atoms with E-state index in [2.05, 4.69) is 15.2 Å². The van der Waals surface area contributed by atoms with Crippen molar-refractivity contribution in [3.63, 3.8) is 0 Å². The third-order valence-electron chi connectivity index (χ3n) is 3.42. The Morgan fingerprint density at radius 3 is 2.70 bits per heavy atom. The van der Waals surface area contributed by atoms with Crippen LogP contribution in [0.4, 0.5) is 0 Å². The van der Waals surface area contributed by atoms with Gasteiger partial charge in [-0.05, 0) is 43.8 Å². The average Bonchev–Trinajstić information content (AvgIpc) is 2.74. The molecule has 0 atom stereocenters. The highest BCUT2D eigenvalue weighted by molar-refractivity contribution is 7.71. The van der Waals surface area contributed by atoms with Crippen LogP contribution in [0.3, 0.4) is 0 Å². The van der Waals surface area contributed by atoms with Crippen LogP contribution in [0.5, 0.6) is 0 Å². The minimum atomic E-state index is 0.591. The van der Waals surface area contributed by atoms with E-state index in [0.29, 0.717) is 4.77 Å². The molecular formula is C14H13ClN4S. The zero-order chi connectivity index (χ0) is 14.4. The number of nitrogens with one attached hydrogen (secondary N) is 1. The van der Waals surface area contributed by atoms with Crippen molar-refractivity contribution < 1.29 is 0 Å². The van der Waals surface area contributed by atoms with Gasteiger partial charge >= 0.3 is 0 Å². The zero-order valence-electron chi connectivity index (χ0n) is 11.4. The summed E-state index contributed by atoms with van der Waals surface area (Å²) in [6, 6.07) is 5.88. The number of fused-ring (bicyclic) bond motifs is 1. The SMILES string of the molecule is Cc1cc(-c2n[nH]c(=S)n2C)c2ccc(Cl)c(C)c2n1. The Morgan fingerprint density at radius 2 is 2.05 bits per heavy atom. The number of hydrogen-bond acceptors (Lipinski definition) is 3. The van der Waals surface area contributed by atoms with Gasteiger partial charge in [0.05, 0.1) is 5.52 Å². The molecule has 0 fully saturated rings. The second kappa shape index (κ2) is 4.68. The number of hydrogen-bond donors (Lipinski definition) is 1. The smallest absolute Gasteiger partial charge is 0.195 e. The van der Waals surface area contributed by atoms with E-state index in [4.69, 9.17) is 23.8 Å². The highest BCUT2D eigenvalue weighted by Crippen LogP contribution is 2.31. The molecule has 3 aromatic rings. The first kappa shape index (κ1) is 13.3. The molecule has 1 aromatic carbocycles. The summed E-state index contributed by atoms with van der Waals surface area (Å²) in [4.78, 5) is 4.60. The van der Waals surface area contributed by atoms with Gasteiger partial charge in [-0.15, -0.1) is 0 Å². The predicted octanol–water partition coefficient (Wildman–Crippen LogP) is 3.96. The second-order valence-corrected chi connectivity index (χ2v) is 5.59. The summed E-state index contributed by atoms with van der Waals surface area (Å²) in [5.41, 5.74) is 3.81. The average molecular weight is 305 g/mol. The Balaban J connectivity index is 2.45. The lowest BCUT2D eigenvalue weighted by atomic mass is 10.0. The van der Waals surface area contributed by atoms with Crippen molar-refractivity contribution in [3.8, 4) is 11.4 Å². The topological polar surface area (TPSA) is 46.5 Å². The van der Waals surface area contributed by atoms with E-state index in [0.717, 1.165) is 38.6 Å². The van der Waals surface area contributed by atoms with Crippen LogP contribution in [0, 0.1) is 18.6 Å². The summed E-state index contributed by atoms with van der Waals surface area (Å²) >= 11 is 11.4. The van der Waals surface area contributed by atoms with Crippen molar-refractivity contribution >= 4 is 34.7 Å². The number of nitrogens with zero attached hydrogens (tertiary/aromatic N) is 3. The summed E-state index contributed by atoms with van der Waals surface area (Å²) in [6.07, 6.45) is 0. The molecule has 2 aromatic heterocycles. The Bertz CT molecular complexity index is 879. The van der Waals surface area contributed by atoms with Gasteiger partial charge in [0.25, 0.3) is 0 Å². The monoisotopic (exact) mass is 304 g/mol. The Labute approximate surface area is 126 Å². The van der Waals surface area contributed by atoms with Crippen LogP contribution in [0.15, 0.2) is 18.2 Å². The molecular weight excluding hydrogens is 292 g/mol. The largest absolute Gasteiger partial charge is 0.303 e. The Kier molecular flexibility index (Phi) is 3.11. The predicted molar refractivity (Wildman–Crippen MR) is 83.6 cm³/mol. The van der Waals surface area contributed by atoms with Crippen molar-refractivity contribution in [2.45, 2.75) is 13.8 Å². The molecule has 0 bridgehead atoms. The molecule has 0 saturated heterocycles. The maximum atomic E-state index is 6.19. The van der Waals surface area contributed by atoms with Crippen molar-refractivity contribution in [3.05, 3.63) is 39.3 Å². The molecule has 20 heavy (non-hydrogen) atoms. The van der Waals surface area contributed by atoms with Crippen LogP contribution in [0.1, 0.15) is 11.3 Å². The number of pyridine rings is 1. The molecule has 0 amide bonds. The van der Waals surface area contributed by atoms with Crippen molar-refractivity contribution in [2.24, 2.45) is 7.05 Å². The molecule has 0 aliphatic carbocycles. The highest BCUT2D eigenvalue weighted by Gasteiger charge is 2.13. The number of halogens is 1. The second-order valence-electron chi connectivity index (χ2n) is 4.79. The molecule has 2 heterocycles. The van der Waals surface area contributed by atoms with E-state index in [9.17, 15) is 0 Å². The molecule has 0 spiro atoms. The third kappa shape index (κ3) is 1.94. The molecule has 0 saturated carbocycles. The molecule has 6 heteroatoms. The summed E-state index contributed by atoms with van der Waals surface area (Å²) in [5, 5.41) is 8.87. The quantitative estimate of drug-likeness (QED) is 0.692. The van der Waals surface area contributed by atoms with Gasteiger partial charge in [0, 0.05) is 28.7 Å². The van der Waals surface area contributed by atoms with Crippen LogP contribution in [-0.4, -0.2) is 19.7 Å². The van der Waals surface area contributed by atoms with Gasteiger partial charge in [-0.3, -0.25) is 10.1 Å². The first-order chi connectivity index (χ1) is 9.49. The number of H-pyrrole nitrogens is 1. The number of rotatable bonds is 1. The summed E-state index contributed by atoms with van der Waals surface area (Å²) in [7, 11) is 1.89. The van der Waals surface area contributed by atoms with Crippen LogP contribution in [0.2, 0.25) is 5.02 Å². The Hall–Kier alpha value is -1.72. The van der Waals surface area contributed by atoms with Gasteiger partial charge < -0.3 is 4.57 Å². The molecule has 0 unspecified atom stereocenters. The fourth-order valence-electron chi connectivity index (χ4n) is 2.31. The minimum absolute atomic E-state index is 0.591. The molecule has 0 aliphatic heterocycles. The molecule has 102 valence electrons. The summed E-state index contributed by atoms with van der Waals surface area (Å²) in [5.74, 6) is 0.798. The number of aromatic amines is 1. The van der Waals surface area contributed by atoms with Crippen molar-refractivity contribution in [2.75, 3.05) is 0 Å². The first-order valence-electron chi connectivity index (χ1n) is 6.17. The van der Waals surface area contributed by atoms with E-state index < -0.39 is 0 Å². The van der Waals surface area contributed by atoms with Crippen molar-refractivity contribution in [1.82, 2.24) is 19.7 Å². The Morgan fingerprint density at radius 1 is 1.30 bits per heavy atom. The molecule has 4 nitrogen and oxygen atoms in total. The van der Waals surface area contributed by atoms with E-state index in [1.165, 1.54) is 0 Å². The molecule has 0 aliphatic rings. The van der Waals surface area contributed by atoms with E-state index in [-0.39, 0.29) is 0 Å². The van der Waals surface area contributed by atoms with E-state index in [1.807, 2.05) is 43.7 Å². The highest BCUT2D eigenvalue weighted by atomic mass is 35.5. The van der Waals surface area contributed by atoms with E-state index in [1.54, 1.807) is 0 Å². The van der Waals surface area contributed by atoms with Crippen molar-refractivity contribution in [1.29, 1.82) is 0 Å². The summed E-state index contributed by atoms with van der Waals surface area (Å²) < 4.78 is 2.45. The maximum absolute atomic E-state index is 6.19. The first-order valence-corrected chi connectivity index (χ1v) is 6.96. The summed E-state index contributed by atoms with van der Waals surface area (Å²) in [6.45, 7) is 3.94. The molecule has 3 rings (SSSR count). The fourth-order valence-corrected chi connectivity index (χ4v) is 2.59. The molecule has 1 N–H and O–H groups in total. The van der Waals surface area contributed by atoms with Gasteiger partial charge in [0.1, 0.15) is 0 Å². The molecule has 0 radical (unpaired) electrons. The number of benzene rings is 1. The normalized spacial score (nSPS) is 11.2. The lowest BCUT2D eigenvalue weighted by Crippen LogP contribution is -1.97. The standard InChI is InChI=1S/C14H13ClN4S/c1-7-6-10(13-17-18-14(20)19(13)3)9-4-5-11(15)8(2)12(9)16-7/h4-6H,1-3H3,(H,18,20). The maximum Gasteiger partial charge on any atom is 0.195 e. The van der Waals surface area contributed by atoms with E-state index >= 15 is 0 Å². The lowest BCUT2D eigenvalue weighted by Gasteiger charge is -2.10. The van der Waals surface area contributed by atoms with Crippen LogP contribution < -0.4 is 0 Å².